The van der Waals surface area contributed by atoms with Crippen LogP contribution in [0.1, 0.15) is 60.4 Å². The standard InChI is InChI=1S/C19H27N5O/c1-13(2)15-5-7-16(8-6-15)23(4)19(25)18-14(3)24(22-21-18)17-9-11-20-12-10-17/h5-8,13,17,20H,9-12H2,1-4H3. The smallest absolute Gasteiger partial charge is 0.280 e. The Labute approximate surface area is 149 Å². The average Bonchev–Trinajstić information content (AvgIpc) is 3.02. The first-order valence-electron chi connectivity index (χ1n) is 8.99. The number of hydrogen-bond donors (Lipinski definition) is 1. The van der Waals surface area contributed by atoms with Gasteiger partial charge in [0.25, 0.3) is 5.91 Å². The van der Waals surface area contributed by atoms with Crippen molar-refractivity contribution >= 4 is 11.6 Å². The number of carbonyl (C=O) groups excluding carboxylic acids is 1. The monoisotopic (exact) mass is 341 g/mol. The average molecular weight is 341 g/mol. The Morgan fingerprint density at radius 3 is 2.48 bits per heavy atom. The Balaban J connectivity index is 1.79. The number of benzene rings is 1. The SMILES string of the molecule is Cc1c(C(=O)N(C)c2ccc(C(C)C)cc2)nnn1C1CCNCC1. The summed E-state index contributed by atoms with van der Waals surface area (Å²) in [6.45, 7) is 8.22. The second-order valence-electron chi connectivity index (χ2n) is 7.06. The van der Waals surface area contributed by atoms with Gasteiger partial charge in [0, 0.05) is 12.7 Å². The lowest BCUT2D eigenvalue weighted by Gasteiger charge is -2.23. The van der Waals surface area contributed by atoms with Gasteiger partial charge in [-0.15, -0.1) is 5.10 Å². The van der Waals surface area contributed by atoms with Crippen LogP contribution in [0.5, 0.6) is 0 Å². The molecule has 25 heavy (non-hydrogen) atoms. The normalized spacial score (nSPS) is 15.6. The van der Waals surface area contributed by atoms with Crippen LogP contribution in [0.3, 0.4) is 0 Å². The van der Waals surface area contributed by atoms with Gasteiger partial charge in [-0.2, -0.15) is 0 Å². The summed E-state index contributed by atoms with van der Waals surface area (Å²) in [5.41, 5.74) is 3.42. The molecule has 3 rings (SSSR count). The quantitative estimate of drug-likeness (QED) is 0.929. The van der Waals surface area contributed by atoms with E-state index in [1.54, 1.807) is 11.9 Å². The van der Waals surface area contributed by atoms with Crippen molar-refractivity contribution in [1.29, 1.82) is 0 Å². The van der Waals surface area contributed by atoms with Crippen LogP contribution in [0, 0.1) is 6.92 Å². The van der Waals surface area contributed by atoms with Crippen LogP contribution < -0.4 is 10.2 Å². The van der Waals surface area contributed by atoms with Gasteiger partial charge in [0.2, 0.25) is 0 Å². The molecule has 2 aromatic rings. The molecule has 6 nitrogen and oxygen atoms in total. The largest absolute Gasteiger partial charge is 0.317 e. The molecule has 0 atom stereocenters. The van der Waals surface area contributed by atoms with Crippen LogP contribution in [0.4, 0.5) is 5.69 Å². The summed E-state index contributed by atoms with van der Waals surface area (Å²) in [4.78, 5) is 14.5. The fraction of sp³-hybridized carbons (Fsp3) is 0.526. The van der Waals surface area contributed by atoms with Gasteiger partial charge in [0.15, 0.2) is 5.69 Å². The van der Waals surface area contributed by atoms with Crippen LogP contribution in [0.25, 0.3) is 0 Å². The summed E-state index contributed by atoms with van der Waals surface area (Å²) >= 11 is 0. The molecule has 0 bridgehead atoms. The minimum absolute atomic E-state index is 0.116. The first-order chi connectivity index (χ1) is 12.0. The molecule has 6 heteroatoms. The Hall–Kier alpha value is -2.21. The summed E-state index contributed by atoms with van der Waals surface area (Å²) in [5.74, 6) is 0.358. The minimum Gasteiger partial charge on any atom is -0.317 e. The van der Waals surface area contributed by atoms with Crippen LogP contribution >= 0.6 is 0 Å². The molecule has 0 unspecified atom stereocenters. The van der Waals surface area contributed by atoms with Gasteiger partial charge in [-0.05, 0) is 56.5 Å². The van der Waals surface area contributed by atoms with Crippen molar-refractivity contribution in [3.8, 4) is 0 Å². The van der Waals surface area contributed by atoms with Gasteiger partial charge in [0.05, 0.1) is 11.7 Å². The van der Waals surface area contributed by atoms with E-state index in [4.69, 9.17) is 0 Å². The Morgan fingerprint density at radius 2 is 1.88 bits per heavy atom. The number of piperidine rings is 1. The number of nitrogens with zero attached hydrogens (tertiary/aromatic N) is 4. The zero-order valence-electron chi connectivity index (χ0n) is 15.5. The Kier molecular flexibility index (Phi) is 5.18. The van der Waals surface area contributed by atoms with Gasteiger partial charge in [-0.25, -0.2) is 4.68 Å². The molecule has 1 N–H and O–H groups in total. The second-order valence-corrected chi connectivity index (χ2v) is 7.06. The lowest BCUT2D eigenvalue weighted by atomic mass is 10.0. The number of amides is 1. The molecule has 1 aromatic heterocycles. The molecule has 1 aromatic carbocycles. The maximum atomic E-state index is 12.9. The zero-order chi connectivity index (χ0) is 18.0. The highest BCUT2D eigenvalue weighted by Crippen LogP contribution is 2.23. The number of hydrogen-bond acceptors (Lipinski definition) is 4. The molecule has 0 aliphatic carbocycles. The highest BCUT2D eigenvalue weighted by Gasteiger charge is 2.25. The summed E-state index contributed by atoms with van der Waals surface area (Å²) in [6, 6.07) is 8.44. The maximum absolute atomic E-state index is 12.9. The molecular formula is C19H27N5O. The van der Waals surface area contributed by atoms with E-state index >= 15 is 0 Å². The third-order valence-electron chi connectivity index (χ3n) is 5.04. The molecule has 1 fully saturated rings. The van der Waals surface area contributed by atoms with E-state index in [0.717, 1.165) is 37.3 Å². The van der Waals surface area contributed by atoms with Crippen LogP contribution in [-0.2, 0) is 0 Å². The summed E-state index contributed by atoms with van der Waals surface area (Å²) < 4.78 is 1.92. The van der Waals surface area contributed by atoms with Crippen LogP contribution in [-0.4, -0.2) is 41.0 Å². The van der Waals surface area contributed by atoms with E-state index in [0.29, 0.717) is 17.7 Å². The number of carbonyl (C=O) groups is 1. The highest BCUT2D eigenvalue weighted by molar-refractivity contribution is 6.05. The van der Waals surface area contributed by atoms with Crippen molar-refractivity contribution in [3.63, 3.8) is 0 Å². The van der Waals surface area contributed by atoms with Gasteiger partial charge in [-0.1, -0.05) is 31.2 Å². The zero-order valence-corrected chi connectivity index (χ0v) is 15.5. The molecule has 0 spiro atoms. The van der Waals surface area contributed by atoms with E-state index in [1.807, 2.05) is 23.7 Å². The first kappa shape index (κ1) is 17.6. The summed E-state index contributed by atoms with van der Waals surface area (Å²) in [7, 11) is 1.79. The van der Waals surface area contributed by atoms with E-state index in [2.05, 4.69) is 41.6 Å². The highest BCUT2D eigenvalue weighted by atomic mass is 16.2. The van der Waals surface area contributed by atoms with Gasteiger partial charge in [0.1, 0.15) is 0 Å². The Bertz CT molecular complexity index is 729. The molecule has 2 heterocycles. The number of anilines is 1. The summed E-state index contributed by atoms with van der Waals surface area (Å²) in [6.07, 6.45) is 2.04. The van der Waals surface area contributed by atoms with Crippen molar-refractivity contribution in [3.05, 3.63) is 41.2 Å². The van der Waals surface area contributed by atoms with Gasteiger partial charge < -0.3 is 10.2 Å². The lowest BCUT2D eigenvalue weighted by molar-refractivity contribution is 0.0987. The van der Waals surface area contributed by atoms with Crippen LogP contribution in [0.15, 0.2) is 24.3 Å². The third-order valence-corrected chi connectivity index (χ3v) is 5.04. The van der Waals surface area contributed by atoms with Crippen molar-refractivity contribution in [2.24, 2.45) is 0 Å². The van der Waals surface area contributed by atoms with E-state index in [9.17, 15) is 4.79 Å². The Morgan fingerprint density at radius 1 is 1.24 bits per heavy atom. The maximum Gasteiger partial charge on any atom is 0.280 e. The predicted molar refractivity (Wildman–Crippen MR) is 99.2 cm³/mol. The second kappa shape index (κ2) is 7.35. The molecule has 0 saturated carbocycles. The fourth-order valence-electron chi connectivity index (χ4n) is 3.30. The third kappa shape index (κ3) is 3.58. The van der Waals surface area contributed by atoms with E-state index in [1.165, 1.54) is 5.56 Å². The first-order valence-corrected chi connectivity index (χ1v) is 8.99. The number of aromatic nitrogens is 3. The number of nitrogens with one attached hydrogen (secondary N) is 1. The van der Waals surface area contributed by atoms with Crippen molar-refractivity contribution in [1.82, 2.24) is 20.3 Å². The molecule has 1 amide bonds. The molecule has 134 valence electrons. The van der Waals surface area contributed by atoms with Crippen molar-refractivity contribution in [2.45, 2.75) is 45.6 Å². The minimum atomic E-state index is -0.116. The number of rotatable bonds is 4. The summed E-state index contributed by atoms with van der Waals surface area (Å²) in [5, 5.41) is 11.8. The fourth-order valence-corrected chi connectivity index (χ4v) is 3.30. The van der Waals surface area contributed by atoms with E-state index < -0.39 is 0 Å². The topological polar surface area (TPSA) is 63.1 Å². The van der Waals surface area contributed by atoms with Crippen molar-refractivity contribution < 1.29 is 4.79 Å². The molecular weight excluding hydrogens is 314 g/mol. The lowest BCUT2D eigenvalue weighted by Crippen LogP contribution is -2.31. The van der Waals surface area contributed by atoms with Gasteiger partial charge in [-0.3, -0.25) is 4.79 Å². The van der Waals surface area contributed by atoms with E-state index in [-0.39, 0.29) is 5.91 Å². The predicted octanol–water partition coefficient (Wildman–Crippen LogP) is 2.91. The van der Waals surface area contributed by atoms with Gasteiger partial charge >= 0.3 is 0 Å². The van der Waals surface area contributed by atoms with Crippen molar-refractivity contribution in [2.75, 3.05) is 25.0 Å². The molecule has 1 aliphatic heterocycles. The molecule has 1 saturated heterocycles. The molecule has 1 aliphatic rings. The molecule has 0 radical (unpaired) electrons. The van der Waals surface area contributed by atoms with Crippen LogP contribution in [0.2, 0.25) is 0 Å².